The van der Waals surface area contributed by atoms with Crippen molar-refractivity contribution in [3.8, 4) is 11.4 Å². The van der Waals surface area contributed by atoms with E-state index in [-0.39, 0.29) is 5.91 Å². The Morgan fingerprint density at radius 2 is 1.88 bits per heavy atom. The van der Waals surface area contributed by atoms with Crippen LogP contribution in [0.25, 0.3) is 11.4 Å². The van der Waals surface area contributed by atoms with Crippen molar-refractivity contribution < 1.29 is 4.79 Å². The van der Waals surface area contributed by atoms with Gasteiger partial charge in [-0.25, -0.2) is 4.68 Å². The summed E-state index contributed by atoms with van der Waals surface area (Å²) in [6.45, 7) is 1.72. The molecule has 1 aliphatic heterocycles. The second-order valence-corrected chi connectivity index (χ2v) is 7.54. The summed E-state index contributed by atoms with van der Waals surface area (Å²) in [6, 6.07) is 7.71. The second-order valence-electron chi connectivity index (χ2n) is 5.74. The van der Waals surface area contributed by atoms with E-state index in [1.54, 1.807) is 0 Å². The lowest BCUT2D eigenvalue weighted by Gasteiger charge is -2.19. The Bertz CT molecular complexity index is 712. The summed E-state index contributed by atoms with van der Waals surface area (Å²) < 4.78 is 2.35. The number of likely N-dealkylation sites (tertiary alicyclic amines) is 1. The van der Waals surface area contributed by atoms with E-state index < -0.39 is 0 Å². The summed E-state index contributed by atoms with van der Waals surface area (Å²) in [5.74, 6) is 7.18. The first-order chi connectivity index (χ1) is 11.7. The molecule has 0 spiro atoms. The maximum Gasteiger partial charge on any atom is 0.233 e. The molecule has 2 heterocycles. The molecule has 128 valence electrons. The molecule has 1 aliphatic rings. The number of aromatic nitrogens is 3. The van der Waals surface area contributed by atoms with E-state index in [1.165, 1.54) is 29.3 Å². The summed E-state index contributed by atoms with van der Waals surface area (Å²) in [6.07, 6.45) is 4.61. The Kier molecular flexibility index (Phi) is 5.78. The summed E-state index contributed by atoms with van der Waals surface area (Å²) >= 11 is 4.83. The van der Waals surface area contributed by atoms with Gasteiger partial charge in [-0.2, -0.15) is 0 Å². The van der Waals surface area contributed by atoms with Crippen molar-refractivity contribution in [2.75, 3.05) is 24.7 Å². The monoisotopic (exact) mass is 409 g/mol. The lowest BCUT2D eigenvalue weighted by Crippen LogP contribution is -2.33. The first kappa shape index (κ1) is 17.3. The van der Waals surface area contributed by atoms with Gasteiger partial charge in [0.1, 0.15) is 0 Å². The fourth-order valence-corrected chi connectivity index (χ4v) is 3.96. The van der Waals surface area contributed by atoms with Crippen LogP contribution in [0.2, 0.25) is 0 Å². The Morgan fingerprint density at radius 3 is 2.58 bits per heavy atom. The van der Waals surface area contributed by atoms with Gasteiger partial charge in [-0.3, -0.25) is 4.79 Å². The number of rotatable bonds is 4. The highest BCUT2D eigenvalue weighted by Gasteiger charge is 2.19. The number of benzene rings is 1. The lowest BCUT2D eigenvalue weighted by atomic mass is 10.2. The van der Waals surface area contributed by atoms with Crippen LogP contribution in [0.5, 0.6) is 0 Å². The van der Waals surface area contributed by atoms with Crippen LogP contribution in [0.15, 0.2) is 33.9 Å². The number of hydrogen-bond donors (Lipinski definition) is 1. The second kappa shape index (κ2) is 8.02. The zero-order valence-electron chi connectivity index (χ0n) is 13.3. The summed E-state index contributed by atoms with van der Waals surface area (Å²) in [7, 11) is 0. The highest BCUT2D eigenvalue weighted by atomic mass is 79.9. The highest BCUT2D eigenvalue weighted by Crippen LogP contribution is 2.28. The first-order valence-electron chi connectivity index (χ1n) is 8.03. The molecule has 1 aromatic carbocycles. The number of nitrogens with zero attached hydrogens (tertiary/aromatic N) is 4. The lowest BCUT2D eigenvalue weighted by molar-refractivity contribution is -0.128. The minimum absolute atomic E-state index is 0.146. The van der Waals surface area contributed by atoms with Gasteiger partial charge >= 0.3 is 0 Å². The smallest absolute Gasteiger partial charge is 0.233 e. The van der Waals surface area contributed by atoms with Gasteiger partial charge in [0.2, 0.25) is 11.1 Å². The van der Waals surface area contributed by atoms with E-state index in [0.29, 0.717) is 16.7 Å². The normalized spacial score (nSPS) is 15.3. The maximum atomic E-state index is 12.4. The van der Waals surface area contributed by atoms with Crippen LogP contribution in [-0.2, 0) is 4.79 Å². The zero-order valence-corrected chi connectivity index (χ0v) is 15.7. The largest absolute Gasteiger partial charge is 0.342 e. The SMILES string of the molecule is Nn1c(SCC(=O)N2CCCCCC2)nnc1-c1ccccc1Br. The van der Waals surface area contributed by atoms with Crippen LogP contribution < -0.4 is 5.84 Å². The van der Waals surface area contributed by atoms with Crippen LogP contribution in [0.3, 0.4) is 0 Å². The Labute approximate surface area is 153 Å². The van der Waals surface area contributed by atoms with Gasteiger partial charge in [0, 0.05) is 23.1 Å². The Morgan fingerprint density at radius 1 is 1.17 bits per heavy atom. The molecule has 2 aromatic rings. The minimum atomic E-state index is 0.146. The quantitative estimate of drug-likeness (QED) is 0.620. The molecule has 1 saturated heterocycles. The van der Waals surface area contributed by atoms with Crippen molar-refractivity contribution in [3.05, 3.63) is 28.7 Å². The summed E-state index contributed by atoms with van der Waals surface area (Å²) in [5.41, 5.74) is 0.873. The molecule has 24 heavy (non-hydrogen) atoms. The molecule has 0 radical (unpaired) electrons. The molecular formula is C16H20BrN5OS. The predicted octanol–water partition coefficient (Wildman–Crippen LogP) is 2.92. The Balaban J connectivity index is 1.66. The van der Waals surface area contributed by atoms with Gasteiger partial charge in [-0.1, -0.05) is 52.7 Å². The van der Waals surface area contributed by atoms with Crippen molar-refractivity contribution >= 4 is 33.6 Å². The van der Waals surface area contributed by atoms with Crippen molar-refractivity contribution in [1.29, 1.82) is 0 Å². The highest BCUT2D eigenvalue weighted by molar-refractivity contribution is 9.10. The average Bonchev–Trinajstić information content (AvgIpc) is 2.79. The molecule has 1 amide bonds. The Hall–Kier alpha value is -1.54. The zero-order chi connectivity index (χ0) is 16.9. The maximum absolute atomic E-state index is 12.4. The number of halogens is 1. The first-order valence-corrected chi connectivity index (χ1v) is 9.80. The summed E-state index contributed by atoms with van der Waals surface area (Å²) in [4.78, 5) is 14.3. The fraction of sp³-hybridized carbons (Fsp3) is 0.438. The number of carbonyl (C=O) groups is 1. The third-order valence-electron chi connectivity index (χ3n) is 4.06. The number of thioether (sulfide) groups is 1. The molecule has 1 aromatic heterocycles. The topological polar surface area (TPSA) is 77.0 Å². The van der Waals surface area contributed by atoms with Crippen molar-refractivity contribution in [3.63, 3.8) is 0 Å². The van der Waals surface area contributed by atoms with E-state index in [1.807, 2.05) is 29.2 Å². The summed E-state index contributed by atoms with van der Waals surface area (Å²) in [5, 5.41) is 8.84. The number of nitrogen functional groups attached to an aromatic ring is 1. The molecule has 8 heteroatoms. The molecule has 0 atom stereocenters. The van der Waals surface area contributed by atoms with Crippen LogP contribution in [0.1, 0.15) is 25.7 Å². The molecule has 0 unspecified atom stereocenters. The molecule has 0 bridgehead atoms. The molecule has 0 saturated carbocycles. The number of carbonyl (C=O) groups excluding carboxylic acids is 1. The molecular weight excluding hydrogens is 390 g/mol. The third kappa shape index (κ3) is 3.92. The fourth-order valence-electron chi connectivity index (χ4n) is 2.74. The van der Waals surface area contributed by atoms with Crippen LogP contribution in [0, 0.1) is 0 Å². The van der Waals surface area contributed by atoms with Crippen LogP contribution in [-0.4, -0.2) is 44.5 Å². The van der Waals surface area contributed by atoms with Gasteiger partial charge in [0.05, 0.1) is 5.75 Å². The van der Waals surface area contributed by atoms with Crippen molar-refractivity contribution in [2.24, 2.45) is 0 Å². The van der Waals surface area contributed by atoms with Crippen LogP contribution in [0.4, 0.5) is 0 Å². The number of amides is 1. The standard InChI is InChI=1S/C16H20BrN5OS/c17-13-8-4-3-7-12(13)15-19-20-16(22(15)18)24-11-14(23)21-9-5-1-2-6-10-21/h3-4,7-8H,1-2,5-6,9-11,18H2. The van der Waals surface area contributed by atoms with E-state index in [2.05, 4.69) is 26.1 Å². The van der Waals surface area contributed by atoms with Gasteiger partial charge in [0.15, 0.2) is 5.82 Å². The van der Waals surface area contributed by atoms with E-state index in [0.717, 1.165) is 36.0 Å². The molecule has 6 nitrogen and oxygen atoms in total. The molecule has 3 rings (SSSR count). The molecule has 1 fully saturated rings. The van der Waals surface area contributed by atoms with Crippen molar-refractivity contribution in [1.82, 2.24) is 19.8 Å². The third-order valence-corrected chi connectivity index (χ3v) is 5.68. The molecule has 0 aliphatic carbocycles. The van der Waals surface area contributed by atoms with E-state index in [9.17, 15) is 4.79 Å². The van der Waals surface area contributed by atoms with Crippen LogP contribution >= 0.6 is 27.7 Å². The molecule has 2 N–H and O–H groups in total. The van der Waals surface area contributed by atoms with Gasteiger partial charge in [-0.15, -0.1) is 10.2 Å². The van der Waals surface area contributed by atoms with Gasteiger partial charge < -0.3 is 10.7 Å². The predicted molar refractivity (Wildman–Crippen MR) is 99.1 cm³/mol. The average molecular weight is 410 g/mol. The number of nitrogens with two attached hydrogens (primary N) is 1. The van der Waals surface area contributed by atoms with Gasteiger partial charge in [-0.05, 0) is 25.0 Å². The number of hydrogen-bond acceptors (Lipinski definition) is 5. The minimum Gasteiger partial charge on any atom is -0.342 e. The van der Waals surface area contributed by atoms with E-state index >= 15 is 0 Å². The van der Waals surface area contributed by atoms with E-state index in [4.69, 9.17) is 5.84 Å². The van der Waals surface area contributed by atoms with Crippen molar-refractivity contribution in [2.45, 2.75) is 30.8 Å². The van der Waals surface area contributed by atoms with Gasteiger partial charge in [0.25, 0.3) is 0 Å².